The molecule has 0 aliphatic heterocycles. The Balaban J connectivity index is 2.25. The van der Waals surface area contributed by atoms with E-state index >= 15 is 0 Å². The van der Waals surface area contributed by atoms with E-state index < -0.39 is 6.04 Å². The molecule has 0 saturated heterocycles. The van der Waals surface area contributed by atoms with Crippen molar-refractivity contribution in [3.8, 4) is 5.75 Å². The number of hydrogen-bond acceptors (Lipinski definition) is 5. The summed E-state index contributed by atoms with van der Waals surface area (Å²) in [6.07, 6.45) is 0. The van der Waals surface area contributed by atoms with E-state index in [1.165, 1.54) is 11.3 Å². The van der Waals surface area contributed by atoms with Gasteiger partial charge in [-0.15, -0.1) is 0 Å². The second-order valence-corrected chi connectivity index (χ2v) is 5.88. The zero-order valence-corrected chi connectivity index (χ0v) is 12.7. The van der Waals surface area contributed by atoms with E-state index in [-0.39, 0.29) is 11.8 Å². The first-order chi connectivity index (χ1) is 9.51. The van der Waals surface area contributed by atoms with Crippen LogP contribution in [0.2, 0.25) is 0 Å². The minimum absolute atomic E-state index is 0.110. The average Bonchev–Trinajstić information content (AvgIpc) is 2.77. The summed E-state index contributed by atoms with van der Waals surface area (Å²) in [5.41, 5.74) is 6.28. The van der Waals surface area contributed by atoms with E-state index in [0.717, 1.165) is 16.0 Å². The Morgan fingerprint density at radius 2 is 2.25 bits per heavy atom. The monoisotopic (exact) mass is 293 g/mol. The van der Waals surface area contributed by atoms with Crippen LogP contribution in [0.3, 0.4) is 0 Å². The first-order valence-corrected chi connectivity index (χ1v) is 7.42. The molecule has 1 aromatic carbocycles. The van der Waals surface area contributed by atoms with Crippen LogP contribution in [0, 0.1) is 5.92 Å². The van der Waals surface area contributed by atoms with E-state index in [0.29, 0.717) is 11.7 Å². The molecule has 2 aromatic rings. The summed E-state index contributed by atoms with van der Waals surface area (Å²) in [7, 11) is 0. The second kappa shape index (κ2) is 6.09. The van der Waals surface area contributed by atoms with Crippen molar-refractivity contribution >= 4 is 32.6 Å². The van der Waals surface area contributed by atoms with E-state index in [9.17, 15) is 4.79 Å². The van der Waals surface area contributed by atoms with Gasteiger partial charge in [-0.1, -0.05) is 25.2 Å². The molecule has 1 amide bonds. The number of nitrogens with two attached hydrogens (primary N) is 1. The molecule has 1 aromatic heterocycles. The highest BCUT2D eigenvalue weighted by Gasteiger charge is 2.20. The Morgan fingerprint density at radius 1 is 1.50 bits per heavy atom. The van der Waals surface area contributed by atoms with Crippen LogP contribution in [0.1, 0.15) is 20.8 Å². The van der Waals surface area contributed by atoms with Crippen molar-refractivity contribution in [1.82, 2.24) is 4.98 Å². The molecule has 0 radical (unpaired) electrons. The normalized spacial score (nSPS) is 12.6. The van der Waals surface area contributed by atoms with E-state index in [2.05, 4.69) is 10.3 Å². The van der Waals surface area contributed by atoms with Gasteiger partial charge in [0.1, 0.15) is 11.8 Å². The number of benzene rings is 1. The van der Waals surface area contributed by atoms with Gasteiger partial charge in [0.2, 0.25) is 5.91 Å². The maximum Gasteiger partial charge on any atom is 0.240 e. The molecule has 1 heterocycles. The van der Waals surface area contributed by atoms with E-state index in [1.807, 2.05) is 39.0 Å². The molecule has 0 saturated carbocycles. The molecule has 0 bridgehead atoms. The molecule has 3 N–H and O–H groups in total. The van der Waals surface area contributed by atoms with Crippen molar-refractivity contribution in [3.63, 3.8) is 0 Å². The van der Waals surface area contributed by atoms with Gasteiger partial charge in [-0.05, 0) is 31.0 Å². The number of anilines is 1. The third-order valence-electron chi connectivity index (χ3n) is 2.92. The van der Waals surface area contributed by atoms with Crippen LogP contribution in [0.4, 0.5) is 5.13 Å². The van der Waals surface area contributed by atoms with Crippen LogP contribution in [0.15, 0.2) is 18.2 Å². The molecule has 1 unspecified atom stereocenters. The van der Waals surface area contributed by atoms with Crippen LogP contribution in [0.25, 0.3) is 10.2 Å². The van der Waals surface area contributed by atoms with Gasteiger partial charge in [-0.2, -0.15) is 0 Å². The Kier molecular flexibility index (Phi) is 4.44. The number of carbonyl (C=O) groups excluding carboxylic acids is 1. The summed E-state index contributed by atoms with van der Waals surface area (Å²) in [5.74, 6) is 0.568. The molecular formula is C14H19N3O2S. The SMILES string of the molecule is CCOc1ccc2nc(NC(C(N)=O)C(C)C)sc2c1. The molecule has 1 atom stereocenters. The summed E-state index contributed by atoms with van der Waals surface area (Å²) in [4.78, 5) is 15.9. The van der Waals surface area contributed by atoms with Crippen molar-refractivity contribution in [1.29, 1.82) is 0 Å². The fourth-order valence-electron chi connectivity index (χ4n) is 1.92. The van der Waals surface area contributed by atoms with Crippen molar-refractivity contribution in [2.24, 2.45) is 11.7 Å². The van der Waals surface area contributed by atoms with Gasteiger partial charge in [0, 0.05) is 0 Å². The molecule has 0 fully saturated rings. The standard InChI is InChI=1S/C14H19N3O2S/c1-4-19-9-5-6-10-11(7-9)20-14(16-10)17-12(8(2)3)13(15)18/h5-8,12H,4H2,1-3H3,(H2,15,18)(H,16,17). The number of primary amides is 1. The maximum absolute atomic E-state index is 11.4. The molecule has 0 aliphatic carbocycles. The number of fused-ring (bicyclic) bond motifs is 1. The lowest BCUT2D eigenvalue weighted by Gasteiger charge is -2.17. The smallest absolute Gasteiger partial charge is 0.240 e. The minimum Gasteiger partial charge on any atom is -0.494 e. The van der Waals surface area contributed by atoms with Crippen LogP contribution in [-0.2, 0) is 4.79 Å². The lowest BCUT2D eigenvalue weighted by atomic mass is 10.0. The van der Waals surface area contributed by atoms with Crippen LogP contribution in [0.5, 0.6) is 5.75 Å². The highest BCUT2D eigenvalue weighted by atomic mass is 32.1. The number of carbonyl (C=O) groups is 1. The molecule has 0 spiro atoms. The van der Waals surface area contributed by atoms with Crippen LogP contribution < -0.4 is 15.8 Å². The summed E-state index contributed by atoms with van der Waals surface area (Å²) in [5, 5.41) is 3.81. The molecule has 6 heteroatoms. The van der Waals surface area contributed by atoms with Crippen LogP contribution in [-0.4, -0.2) is 23.5 Å². The third kappa shape index (κ3) is 3.19. The topological polar surface area (TPSA) is 77.2 Å². The fraction of sp³-hybridized carbons (Fsp3) is 0.429. The predicted molar refractivity (Wildman–Crippen MR) is 82.2 cm³/mol. The number of amides is 1. The number of aromatic nitrogens is 1. The highest BCUT2D eigenvalue weighted by Crippen LogP contribution is 2.30. The number of thiazole rings is 1. The van der Waals surface area contributed by atoms with Gasteiger partial charge >= 0.3 is 0 Å². The largest absolute Gasteiger partial charge is 0.494 e. The summed E-state index contributed by atoms with van der Waals surface area (Å²) in [6.45, 7) is 6.47. The third-order valence-corrected chi connectivity index (χ3v) is 3.87. The van der Waals surface area contributed by atoms with Crippen molar-refractivity contribution < 1.29 is 9.53 Å². The Hall–Kier alpha value is -1.82. The van der Waals surface area contributed by atoms with Crippen molar-refractivity contribution in [2.75, 3.05) is 11.9 Å². The van der Waals surface area contributed by atoms with Gasteiger partial charge in [-0.3, -0.25) is 4.79 Å². The maximum atomic E-state index is 11.4. The Morgan fingerprint density at radius 3 is 2.85 bits per heavy atom. The zero-order valence-electron chi connectivity index (χ0n) is 11.8. The predicted octanol–water partition coefficient (Wildman–Crippen LogP) is 2.62. The molecule has 5 nitrogen and oxygen atoms in total. The molecule has 108 valence electrons. The summed E-state index contributed by atoms with van der Waals surface area (Å²) in [6, 6.07) is 5.35. The van der Waals surface area contributed by atoms with Gasteiger partial charge in [0.05, 0.1) is 16.8 Å². The van der Waals surface area contributed by atoms with E-state index in [1.54, 1.807) is 0 Å². The van der Waals surface area contributed by atoms with Gasteiger partial charge in [0.15, 0.2) is 5.13 Å². The Labute approximate surface area is 122 Å². The second-order valence-electron chi connectivity index (χ2n) is 4.85. The molecule has 2 rings (SSSR count). The zero-order chi connectivity index (χ0) is 14.7. The quantitative estimate of drug-likeness (QED) is 0.858. The fourth-order valence-corrected chi connectivity index (χ4v) is 2.85. The highest BCUT2D eigenvalue weighted by molar-refractivity contribution is 7.22. The first-order valence-electron chi connectivity index (χ1n) is 6.60. The van der Waals surface area contributed by atoms with Crippen molar-refractivity contribution in [3.05, 3.63) is 18.2 Å². The number of nitrogens with one attached hydrogen (secondary N) is 1. The van der Waals surface area contributed by atoms with Gasteiger partial charge < -0.3 is 15.8 Å². The molecule has 0 aliphatic rings. The number of nitrogens with zero attached hydrogens (tertiary/aromatic N) is 1. The van der Waals surface area contributed by atoms with Crippen molar-refractivity contribution in [2.45, 2.75) is 26.8 Å². The van der Waals surface area contributed by atoms with Gasteiger partial charge in [-0.25, -0.2) is 4.98 Å². The minimum atomic E-state index is -0.415. The first kappa shape index (κ1) is 14.6. The number of hydrogen-bond donors (Lipinski definition) is 2. The average molecular weight is 293 g/mol. The number of ether oxygens (including phenoxy) is 1. The lowest BCUT2D eigenvalue weighted by Crippen LogP contribution is -2.39. The summed E-state index contributed by atoms with van der Waals surface area (Å²) < 4.78 is 6.48. The van der Waals surface area contributed by atoms with Crippen LogP contribution >= 0.6 is 11.3 Å². The Bertz CT molecular complexity index is 609. The van der Waals surface area contributed by atoms with Gasteiger partial charge in [0.25, 0.3) is 0 Å². The van der Waals surface area contributed by atoms with E-state index in [4.69, 9.17) is 10.5 Å². The lowest BCUT2D eigenvalue weighted by molar-refractivity contribution is -0.119. The molecular weight excluding hydrogens is 274 g/mol. The summed E-state index contributed by atoms with van der Waals surface area (Å²) >= 11 is 1.49. The molecule has 20 heavy (non-hydrogen) atoms. The number of rotatable bonds is 6.